The lowest BCUT2D eigenvalue weighted by Crippen LogP contribution is -2.40. The fourth-order valence-corrected chi connectivity index (χ4v) is 5.52. The van der Waals surface area contributed by atoms with Gasteiger partial charge in [-0.05, 0) is 58.5 Å². The van der Waals surface area contributed by atoms with Crippen molar-refractivity contribution in [1.29, 1.82) is 0 Å². The van der Waals surface area contributed by atoms with E-state index in [1.807, 2.05) is 36.4 Å². The van der Waals surface area contributed by atoms with Gasteiger partial charge in [-0.2, -0.15) is 0 Å². The Kier molecular flexibility index (Phi) is 2.96. The molecule has 24 heavy (non-hydrogen) atoms. The monoisotopic (exact) mass is 370 g/mol. The van der Waals surface area contributed by atoms with Crippen molar-refractivity contribution in [3.05, 3.63) is 103 Å². The van der Waals surface area contributed by atoms with Crippen molar-refractivity contribution < 1.29 is 0 Å². The quantitative estimate of drug-likeness (QED) is 0.407. The summed E-state index contributed by atoms with van der Waals surface area (Å²) in [6, 6.07) is 18.5. The molecule has 0 aromatic heterocycles. The van der Waals surface area contributed by atoms with E-state index in [4.69, 9.17) is 34.8 Å². The molecule has 0 unspecified atom stereocenters. The molecule has 0 radical (unpaired) electrons. The molecule has 3 heteroatoms. The van der Waals surface area contributed by atoms with Gasteiger partial charge in [0.1, 0.15) is 0 Å². The molecule has 3 aromatic carbocycles. The Morgan fingerprint density at radius 2 is 0.958 bits per heavy atom. The molecule has 0 saturated carbocycles. The normalized spacial score (nSPS) is 22.8. The van der Waals surface area contributed by atoms with Gasteiger partial charge in [0, 0.05) is 26.4 Å². The van der Waals surface area contributed by atoms with Crippen LogP contribution in [0, 0.1) is 0 Å². The average molecular weight is 372 g/mol. The van der Waals surface area contributed by atoms with E-state index in [0.717, 1.165) is 31.8 Å². The summed E-state index contributed by atoms with van der Waals surface area (Å²) in [6.07, 6.45) is 0. The number of rotatable bonds is 0. The highest BCUT2D eigenvalue weighted by molar-refractivity contribution is 6.34. The minimum absolute atomic E-state index is 0.0112. The Hall–Kier alpha value is -1.47. The first-order valence-electron chi connectivity index (χ1n) is 7.92. The highest BCUT2D eigenvalue weighted by Gasteiger charge is 2.51. The summed E-state index contributed by atoms with van der Waals surface area (Å²) in [5.41, 5.74) is 6.89. The van der Waals surface area contributed by atoms with E-state index in [0.29, 0.717) is 0 Å². The summed E-state index contributed by atoms with van der Waals surface area (Å²) in [4.78, 5) is 0. The van der Waals surface area contributed by atoms with E-state index >= 15 is 0 Å². The first-order chi connectivity index (χ1) is 11.5. The lowest BCUT2D eigenvalue weighted by Gasteiger charge is -2.49. The molecule has 0 atom stereocenters. The molecule has 6 rings (SSSR count). The summed E-state index contributed by atoms with van der Waals surface area (Å²) in [5, 5.41) is 2.33. The molecule has 0 saturated heterocycles. The highest BCUT2D eigenvalue weighted by atomic mass is 35.5. The molecular formula is C21H13Cl3. The van der Waals surface area contributed by atoms with Crippen LogP contribution >= 0.6 is 34.8 Å². The van der Waals surface area contributed by atoms with E-state index < -0.39 is 0 Å². The molecule has 3 aromatic rings. The number of hydrogen-bond acceptors (Lipinski definition) is 0. The van der Waals surface area contributed by atoms with Crippen molar-refractivity contribution in [2.24, 2.45) is 0 Å². The lowest BCUT2D eigenvalue weighted by atomic mass is 9.54. The van der Waals surface area contributed by atoms with Gasteiger partial charge in [-0.1, -0.05) is 71.2 Å². The molecule has 0 N–H and O–H groups in total. The zero-order valence-corrected chi connectivity index (χ0v) is 15.2. The van der Waals surface area contributed by atoms with Crippen LogP contribution < -0.4 is 0 Å². The summed E-state index contributed by atoms with van der Waals surface area (Å²) in [7, 11) is 0. The molecule has 3 aliphatic carbocycles. The third-order valence-electron chi connectivity index (χ3n) is 5.64. The van der Waals surface area contributed by atoms with E-state index in [1.165, 1.54) is 16.7 Å². The summed E-state index contributed by atoms with van der Waals surface area (Å²) < 4.78 is 0. The first kappa shape index (κ1) is 14.8. The Labute approximate surface area is 156 Å². The molecule has 2 bridgehead atoms. The SMILES string of the molecule is CC12c3cccc(Cl)c3C(c3c(Cl)cccc31)c1c(Cl)cccc12. The van der Waals surface area contributed by atoms with Crippen molar-refractivity contribution in [3.63, 3.8) is 0 Å². The largest absolute Gasteiger partial charge is 0.0840 e. The maximum Gasteiger partial charge on any atom is 0.0450 e. The van der Waals surface area contributed by atoms with Crippen LogP contribution in [0.2, 0.25) is 15.1 Å². The van der Waals surface area contributed by atoms with Gasteiger partial charge in [-0.25, -0.2) is 0 Å². The van der Waals surface area contributed by atoms with Gasteiger partial charge < -0.3 is 0 Å². The second-order valence-electron chi connectivity index (χ2n) is 6.66. The van der Waals surface area contributed by atoms with Crippen LogP contribution in [0.3, 0.4) is 0 Å². The molecule has 0 amide bonds. The van der Waals surface area contributed by atoms with Gasteiger partial charge in [0.25, 0.3) is 0 Å². The molecule has 0 aliphatic heterocycles. The van der Waals surface area contributed by atoms with Crippen molar-refractivity contribution in [3.8, 4) is 0 Å². The summed E-state index contributed by atoms with van der Waals surface area (Å²) in [5.74, 6) is -0.0112. The predicted octanol–water partition coefficient (Wildman–Crippen LogP) is 6.81. The summed E-state index contributed by atoms with van der Waals surface area (Å²) >= 11 is 19.9. The molecule has 0 fully saturated rings. The fourth-order valence-electron chi connectivity index (χ4n) is 4.67. The van der Waals surface area contributed by atoms with Crippen LogP contribution in [-0.4, -0.2) is 0 Å². The van der Waals surface area contributed by atoms with Crippen LogP contribution in [0.5, 0.6) is 0 Å². The van der Waals surface area contributed by atoms with Crippen LogP contribution in [-0.2, 0) is 5.41 Å². The van der Waals surface area contributed by atoms with Crippen molar-refractivity contribution in [2.45, 2.75) is 18.3 Å². The average Bonchev–Trinajstić information content (AvgIpc) is 2.57. The maximum atomic E-state index is 6.65. The van der Waals surface area contributed by atoms with E-state index in [1.54, 1.807) is 0 Å². The van der Waals surface area contributed by atoms with E-state index in [2.05, 4.69) is 25.1 Å². The minimum Gasteiger partial charge on any atom is -0.0840 e. The molecule has 0 spiro atoms. The topological polar surface area (TPSA) is 0 Å². The Morgan fingerprint density at radius 3 is 1.29 bits per heavy atom. The van der Waals surface area contributed by atoms with Gasteiger partial charge in [0.2, 0.25) is 0 Å². The van der Waals surface area contributed by atoms with E-state index in [-0.39, 0.29) is 11.3 Å². The number of hydrogen-bond donors (Lipinski definition) is 0. The smallest absolute Gasteiger partial charge is 0.0450 e. The lowest BCUT2D eigenvalue weighted by molar-refractivity contribution is 0.594. The molecule has 0 heterocycles. The zero-order valence-electron chi connectivity index (χ0n) is 12.9. The van der Waals surface area contributed by atoms with Crippen LogP contribution in [0.25, 0.3) is 0 Å². The Balaban J connectivity index is 2.03. The Bertz CT molecular complexity index is 890. The zero-order chi connectivity index (χ0) is 16.6. The van der Waals surface area contributed by atoms with Crippen LogP contribution in [0.1, 0.15) is 46.2 Å². The Morgan fingerprint density at radius 1 is 0.625 bits per heavy atom. The number of benzene rings is 3. The fraction of sp³-hybridized carbons (Fsp3) is 0.143. The van der Waals surface area contributed by atoms with Crippen molar-refractivity contribution in [2.75, 3.05) is 0 Å². The summed E-state index contributed by atoms with van der Waals surface area (Å²) in [6.45, 7) is 2.25. The molecule has 3 aliphatic rings. The van der Waals surface area contributed by atoms with Crippen LogP contribution in [0.4, 0.5) is 0 Å². The predicted molar refractivity (Wildman–Crippen MR) is 101 cm³/mol. The molecule has 118 valence electrons. The van der Waals surface area contributed by atoms with Gasteiger partial charge in [-0.3, -0.25) is 0 Å². The number of halogens is 3. The van der Waals surface area contributed by atoms with Crippen molar-refractivity contribution >= 4 is 34.8 Å². The third kappa shape index (κ3) is 1.57. The van der Waals surface area contributed by atoms with Gasteiger partial charge >= 0.3 is 0 Å². The van der Waals surface area contributed by atoms with Gasteiger partial charge in [-0.15, -0.1) is 0 Å². The minimum atomic E-state index is -0.296. The maximum absolute atomic E-state index is 6.65. The third-order valence-corrected chi connectivity index (χ3v) is 6.63. The second kappa shape index (κ2) is 4.79. The van der Waals surface area contributed by atoms with Crippen LogP contribution in [0.15, 0.2) is 54.6 Å². The first-order valence-corrected chi connectivity index (χ1v) is 9.05. The van der Waals surface area contributed by atoms with Gasteiger partial charge in [0.05, 0.1) is 0 Å². The van der Waals surface area contributed by atoms with E-state index in [9.17, 15) is 0 Å². The van der Waals surface area contributed by atoms with Gasteiger partial charge in [0.15, 0.2) is 0 Å². The standard InChI is InChI=1S/C21H13Cl3/c1-21-11-5-2-8-14(22)17(11)20(18-12(21)6-3-9-15(18)23)19-13(21)7-4-10-16(19)24/h2-10,20H,1H3. The molecular weight excluding hydrogens is 359 g/mol. The van der Waals surface area contributed by atoms with Crippen molar-refractivity contribution in [1.82, 2.24) is 0 Å². The molecule has 0 nitrogen and oxygen atoms in total. The second-order valence-corrected chi connectivity index (χ2v) is 7.88. The highest BCUT2D eigenvalue weighted by Crippen LogP contribution is 2.62.